The Morgan fingerprint density at radius 2 is 1.81 bits per heavy atom. The van der Waals surface area contributed by atoms with E-state index in [1.807, 2.05) is 54.6 Å². The van der Waals surface area contributed by atoms with E-state index in [-0.39, 0.29) is 11.8 Å². The third kappa shape index (κ3) is 3.17. The number of nitrogens with zero attached hydrogens (tertiary/aromatic N) is 2. The van der Waals surface area contributed by atoms with Crippen LogP contribution in [-0.4, -0.2) is 39.0 Å². The van der Waals surface area contributed by atoms with E-state index in [4.69, 9.17) is 4.74 Å². The molecule has 3 amide bonds. The summed E-state index contributed by atoms with van der Waals surface area (Å²) in [5.41, 5.74) is 3.74. The second-order valence-corrected chi connectivity index (χ2v) is 8.28. The lowest BCUT2D eigenvalue weighted by molar-refractivity contribution is -0.132. The SMILES string of the molecule is CC1=CC(O/C=C2/C(=O)N(C(=O)O)C3c4ccccc4CC23)N(Cc2ccccc2)C1=O. The molecule has 3 unspecified atom stereocenters. The number of likely N-dealkylation sites (tertiary alicyclic amines) is 1. The fourth-order valence-electron chi connectivity index (χ4n) is 4.86. The lowest BCUT2D eigenvalue weighted by atomic mass is 9.97. The maximum absolute atomic E-state index is 13.0. The molecule has 0 radical (unpaired) electrons. The van der Waals surface area contributed by atoms with Crippen molar-refractivity contribution in [3.8, 4) is 0 Å². The number of rotatable bonds is 4. The molecule has 2 heterocycles. The minimum atomic E-state index is -1.28. The van der Waals surface area contributed by atoms with Gasteiger partial charge in [-0.3, -0.25) is 14.5 Å². The zero-order valence-electron chi connectivity index (χ0n) is 17.5. The normalized spacial score (nSPS) is 25.2. The molecule has 0 bridgehead atoms. The predicted octanol–water partition coefficient (Wildman–Crippen LogP) is 3.64. The molecule has 0 aromatic heterocycles. The van der Waals surface area contributed by atoms with Gasteiger partial charge in [-0.05, 0) is 36.1 Å². The Kier molecular flexibility index (Phi) is 4.81. The van der Waals surface area contributed by atoms with Gasteiger partial charge in [-0.15, -0.1) is 0 Å². The highest BCUT2D eigenvalue weighted by atomic mass is 16.5. The van der Waals surface area contributed by atoms with E-state index in [0.29, 0.717) is 24.1 Å². The molecular formula is C25H22N2O5. The summed E-state index contributed by atoms with van der Waals surface area (Å²) >= 11 is 0. The molecule has 0 saturated carbocycles. The zero-order chi connectivity index (χ0) is 22.4. The van der Waals surface area contributed by atoms with Crippen LogP contribution in [0, 0.1) is 5.92 Å². The van der Waals surface area contributed by atoms with Gasteiger partial charge in [0.15, 0.2) is 6.23 Å². The van der Waals surface area contributed by atoms with E-state index in [9.17, 15) is 19.5 Å². The fraction of sp³-hybridized carbons (Fsp3) is 0.240. The molecule has 0 spiro atoms. The summed E-state index contributed by atoms with van der Waals surface area (Å²) in [6, 6.07) is 16.6. The number of carboxylic acid groups (broad SMARTS) is 1. The Balaban J connectivity index is 1.42. The average Bonchev–Trinajstić information content (AvgIpc) is 3.37. The van der Waals surface area contributed by atoms with Crippen LogP contribution in [0.2, 0.25) is 0 Å². The van der Waals surface area contributed by atoms with Crippen molar-refractivity contribution in [3.05, 3.63) is 94.8 Å². The number of carbonyl (C=O) groups excluding carboxylic acids is 2. The Morgan fingerprint density at radius 1 is 1.09 bits per heavy atom. The van der Waals surface area contributed by atoms with Gasteiger partial charge in [0.25, 0.3) is 11.8 Å². The van der Waals surface area contributed by atoms with Crippen molar-refractivity contribution in [3.63, 3.8) is 0 Å². The van der Waals surface area contributed by atoms with Crippen molar-refractivity contribution < 1.29 is 24.2 Å². The van der Waals surface area contributed by atoms with Crippen LogP contribution in [0.4, 0.5) is 4.79 Å². The first kappa shape index (κ1) is 20.1. The Bertz CT molecular complexity index is 1170. The minimum Gasteiger partial charge on any atom is -0.474 e. The van der Waals surface area contributed by atoms with Crippen molar-refractivity contribution in [2.45, 2.75) is 32.2 Å². The average molecular weight is 430 g/mol. The van der Waals surface area contributed by atoms with Crippen LogP contribution in [0.1, 0.15) is 29.7 Å². The molecule has 7 nitrogen and oxygen atoms in total. The number of imide groups is 1. The number of fused-ring (bicyclic) bond motifs is 3. The van der Waals surface area contributed by atoms with Crippen LogP contribution in [0.5, 0.6) is 0 Å². The summed E-state index contributed by atoms with van der Waals surface area (Å²) in [7, 11) is 0. The van der Waals surface area contributed by atoms with Crippen LogP contribution in [0.3, 0.4) is 0 Å². The van der Waals surface area contributed by atoms with E-state index in [0.717, 1.165) is 21.6 Å². The summed E-state index contributed by atoms with van der Waals surface area (Å²) < 4.78 is 5.94. The molecule has 32 heavy (non-hydrogen) atoms. The minimum absolute atomic E-state index is 0.131. The first-order valence-corrected chi connectivity index (χ1v) is 10.5. The molecule has 162 valence electrons. The molecule has 2 aromatic rings. The Labute approximate surface area is 185 Å². The van der Waals surface area contributed by atoms with Crippen molar-refractivity contribution in [1.82, 2.24) is 9.80 Å². The van der Waals surface area contributed by atoms with Gasteiger partial charge in [-0.2, -0.15) is 0 Å². The van der Waals surface area contributed by atoms with Gasteiger partial charge >= 0.3 is 6.09 Å². The van der Waals surface area contributed by atoms with Crippen LogP contribution < -0.4 is 0 Å². The van der Waals surface area contributed by atoms with Crippen molar-refractivity contribution >= 4 is 17.9 Å². The van der Waals surface area contributed by atoms with E-state index in [2.05, 4.69) is 0 Å². The molecule has 1 fully saturated rings. The molecule has 1 saturated heterocycles. The highest BCUT2D eigenvalue weighted by molar-refractivity contribution is 6.05. The molecule has 1 N–H and O–H groups in total. The summed E-state index contributed by atoms with van der Waals surface area (Å²) in [5.74, 6) is -1.00. The summed E-state index contributed by atoms with van der Waals surface area (Å²) in [6.07, 6.45) is 1.71. The summed E-state index contributed by atoms with van der Waals surface area (Å²) in [4.78, 5) is 40.0. The van der Waals surface area contributed by atoms with E-state index >= 15 is 0 Å². The number of hydrogen-bond acceptors (Lipinski definition) is 4. The van der Waals surface area contributed by atoms with E-state index in [1.54, 1.807) is 17.9 Å². The number of ether oxygens (including phenoxy) is 1. The molecule has 1 aliphatic carbocycles. The molecule has 2 aromatic carbocycles. The van der Waals surface area contributed by atoms with Crippen molar-refractivity contribution in [1.29, 1.82) is 0 Å². The highest BCUT2D eigenvalue weighted by Crippen LogP contribution is 2.49. The van der Waals surface area contributed by atoms with Crippen LogP contribution in [0.25, 0.3) is 0 Å². The zero-order valence-corrected chi connectivity index (χ0v) is 17.5. The smallest absolute Gasteiger partial charge is 0.414 e. The maximum atomic E-state index is 13.0. The maximum Gasteiger partial charge on any atom is 0.414 e. The lowest BCUT2D eigenvalue weighted by Gasteiger charge is -2.24. The summed E-state index contributed by atoms with van der Waals surface area (Å²) in [6.45, 7) is 2.10. The van der Waals surface area contributed by atoms with Crippen molar-refractivity contribution in [2.75, 3.05) is 0 Å². The van der Waals surface area contributed by atoms with E-state index in [1.165, 1.54) is 6.26 Å². The van der Waals surface area contributed by atoms with E-state index < -0.39 is 24.3 Å². The molecular weight excluding hydrogens is 408 g/mol. The van der Waals surface area contributed by atoms with Gasteiger partial charge in [0.2, 0.25) is 0 Å². The summed E-state index contributed by atoms with van der Waals surface area (Å²) in [5, 5.41) is 9.70. The van der Waals surface area contributed by atoms with Gasteiger partial charge in [0, 0.05) is 18.0 Å². The fourth-order valence-corrected chi connectivity index (χ4v) is 4.86. The molecule has 2 aliphatic heterocycles. The topological polar surface area (TPSA) is 87.2 Å². The molecule has 3 atom stereocenters. The van der Waals surface area contributed by atoms with Crippen molar-refractivity contribution in [2.24, 2.45) is 5.92 Å². The number of carbonyl (C=O) groups is 3. The van der Waals surface area contributed by atoms with Gasteiger partial charge in [-0.1, -0.05) is 54.6 Å². The van der Waals surface area contributed by atoms with Crippen LogP contribution in [-0.2, 0) is 27.3 Å². The largest absolute Gasteiger partial charge is 0.474 e. The number of benzene rings is 2. The van der Waals surface area contributed by atoms with Gasteiger partial charge in [0.05, 0.1) is 17.9 Å². The third-order valence-corrected chi connectivity index (χ3v) is 6.37. The van der Waals surface area contributed by atoms with Gasteiger partial charge in [0.1, 0.15) is 0 Å². The number of hydrogen-bond donors (Lipinski definition) is 1. The van der Waals surface area contributed by atoms with Crippen LogP contribution in [0.15, 0.2) is 78.1 Å². The van der Waals surface area contributed by atoms with Gasteiger partial charge in [-0.25, -0.2) is 9.69 Å². The second kappa shape index (κ2) is 7.67. The van der Waals surface area contributed by atoms with Crippen LogP contribution >= 0.6 is 0 Å². The Morgan fingerprint density at radius 3 is 2.56 bits per heavy atom. The van der Waals surface area contributed by atoms with Gasteiger partial charge < -0.3 is 9.84 Å². The third-order valence-electron chi connectivity index (χ3n) is 6.37. The molecule has 3 aliphatic rings. The molecule has 5 rings (SSSR count). The molecule has 7 heteroatoms. The lowest BCUT2D eigenvalue weighted by Crippen LogP contribution is -2.35. The monoisotopic (exact) mass is 430 g/mol. The quantitative estimate of drug-likeness (QED) is 0.591. The predicted molar refractivity (Wildman–Crippen MR) is 115 cm³/mol. The standard InChI is InChI=1S/C25H22N2O5/c1-15-11-21(26(23(15)28)13-16-7-3-2-4-8-16)32-14-20-19-12-17-9-5-6-10-18(17)22(19)27(24(20)29)25(30)31/h2-11,14,19,21-22H,12-13H2,1H3,(H,30,31)/b20-14+. The number of amides is 3. The highest BCUT2D eigenvalue weighted by Gasteiger charge is 2.52. The first-order valence-electron chi connectivity index (χ1n) is 10.5. The first-order chi connectivity index (χ1) is 15.5. The second-order valence-electron chi connectivity index (χ2n) is 8.28. The Hall–Kier alpha value is -3.87.